The predicted octanol–water partition coefficient (Wildman–Crippen LogP) is 11.1. The van der Waals surface area contributed by atoms with Crippen molar-refractivity contribution >= 4 is 23.1 Å². The minimum Gasteiger partial charge on any atom is -0.337 e. The Morgan fingerprint density at radius 2 is 0.971 bits per heavy atom. The lowest BCUT2D eigenvalue weighted by Gasteiger charge is -2.40. The summed E-state index contributed by atoms with van der Waals surface area (Å²) < 4.78 is 0. The van der Waals surface area contributed by atoms with Gasteiger partial charge in [0.05, 0.1) is 11.4 Å². The van der Waals surface area contributed by atoms with E-state index < -0.39 is 0 Å². The van der Waals surface area contributed by atoms with E-state index in [0.29, 0.717) is 6.04 Å². The molecule has 1 aliphatic rings. The first kappa shape index (κ1) is 28.2. The van der Waals surface area contributed by atoms with E-state index in [4.69, 9.17) is 0 Å². The Hall–Kier alpha value is -1.41. The second-order valence-electron chi connectivity index (χ2n) is 12.1. The summed E-state index contributed by atoms with van der Waals surface area (Å²) in [6, 6.07) is 18.7. The zero-order valence-electron chi connectivity index (χ0n) is 23.4. The van der Waals surface area contributed by atoms with Crippen LogP contribution in [0.15, 0.2) is 58.3 Å². The Bertz CT molecular complexity index is 803. The van der Waals surface area contributed by atoms with Crippen LogP contribution in [0.1, 0.15) is 106 Å². The summed E-state index contributed by atoms with van der Waals surface area (Å²) in [5.41, 5.74) is 2.84. The first-order valence-corrected chi connectivity index (χ1v) is 15.3. The van der Waals surface area contributed by atoms with Gasteiger partial charge in [-0.1, -0.05) is 116 Å². The average molecular weight is 494 g/mol. The number of benzene rings is 2. The van der Waals surface area contributed by atoms with Gasteiger partial charge >= 0.3 is 0 Å². The topological polar surface area (TPSA) is 3.24 Å². The summed E-state index contributed by atoms with van der Waals surface area (Å²) in [4.78, 5) is 5.54. The van der Waals surface area contributed by atoms with E-state index in [1.54, 1.807) is 0 Å². The molecule has 0 radical (unpaired) electrons. The number of rotatable bonds is 15. The molecular weight excluding hydrogens is 442 g/mol. The Kier molecular flexibility index (Phi) is 11.6. The largest absolute Gasteiger partial charge is 0.337 e. The van der Waals surface area contributed by atoms with Gasteiger partial charge < -0.3 is 4.90 Å². The predicted molar refractivity (Wildman–Crippen MR) is 157 cm³/mol. The maximum Gasteiger partial charge on any atom is 0.0555 e. The standard InChI is InChI=1S/C33H51NS/c1-25(2)13-11-15-27(5)21-23-29(24-22-28(6)16-12-14-26(3)4)34-30-17-7-9-19-32(30)35-33-20-10-8-18-31(33)34/h7-10,17-20,25-29H,11-16,21-24H2,1-6H3. The summed E-state index contributed by atoms with van der Waals surface area (Å²) in [6.45, 7) is 14.4. The van der Waals surface area contributed by atoms with E-state index in [1.807, 2.05) is 11.8 Å². The lowest BCUT2D eigenvalue weighted by molar-refractivity contribution is 0.373. The monoisotopic (exact) mass is 493 g/mol. The molecule has 2 heteroatoms. The van der Waals surface area contributed by atoms with Gasteiger partial charge in [0.1, 0.15) is 0 Å². The van der Waals surface area contributed by atoms with E-state index in [9.17, 15) is 0 Å². The second-order valence-corrected chi connectivity index (χ2v) is 13.2. The van der Waals surface area contributed by atoms with Crippen molar-refractivity contribution in [1.29, 1.82) is 0 Å². The van der Waals surface area contributed by atoms with Gasteiger partial charge in [0.15, 0.2) is 0 Å². The molecule has 0 saturated heterocycles. The van der Waals surface area contributed by atoms with Crippen LogP contribution < -0.4 is 4.90 Å². The van der Waals surface area contributed by atoms with Crippen molar-refractivity contribution in [3.05, 3.63) is 48.5 Å². The highest BCUT2D eigenvalue weighted by Crippen LogP contribution is 2.49. The lowest BCUT2D eigenvalue weighted by atomic mass is 9.89. The molecule has 2 atom stereocenters. The third-order valence-corrected chi connectivity index (χ3v) is 8.91. The van der Waals surface area contributed by atoms with Gasteiger partial charge in [-0.2, -0.15) is 0 Å². The molecule has 2 aromatic carbocycles. The van der Waals surface area contributed by atoms with Gasteiger partial charge in [0, 0.05) is 15.8 Å². The molecule has 194 valence electrons. The molecule has 0 amide bonds. The van der Waals surface area contributed by atoms with Gasteiger partial charge in [0.2, 0.25) is 0 Å². The fourth-order valence-electron chi connectivity index (χ4n) is 5.52. The number of anilines is 2. The Balaban J connectivity index is 1.75. The van der Waals surface area contributed by atoms with E-state index in [1.165, 1.54) is 85.4 Å². The van der Waals surface area contributed by atoms with Crippen molar-refractivity contribution in [3.8, 4) is 0 Å². The van der Waals surface area contributed by atoms with Gasteiger partial charge in [-0.15, -0.1) is 0 Å². The summed E-state index contributed by atoms with van der Waals surface area (Å²) >= 11 is 1.94. The van der Waals surface area contributed by atoms with E-state index in [2.05, 4.69) is 95.0 Å². The molecule has 1 nitrogen and oxygen atoms in total. The van der Waals surface area contributed by atoms with Crippen LogP contribution in [0, 0.1) is 23.7 Å². The van der Waals surface area contributed by atoms with E-state index >= 15 is 0 Å². The molecule has 2 aromatic rings. The quantitative estimate of drug-likeness (QED) is 0.243. The smallest absolute Gasteiger partial charge is 0.0555 e. The molecule has 2 unspecified atom stereocenters. The summed E-state index contributed by atoms with van der Waals surface area (Å²) in [7, 11) is 0. The van der Waals surface area contributed by atoms with Gasteiger partial charge in [-0.25, -0.2) is 0 Å². The fourth-order valence-corrected chi connectivity index (χ4v) is 6.59. The van der Waals surface area contributed by atoms with Crippen molar-refractivity contribution in [2.75, 3.05) is 4.90 Å². The van der Waals surface area contributed by atoms with E-state index in [0.717, 1.165) is 23.7 Å². The molecule has 1 heterocycles. The van der Waals surface area contributed by atoms with Crippen LogP contribution in [0.2, 0.25) is 0 Å². The number of hydrogen-bond donors (Lipinski definition) is 0. The minimum atomic E-state index is 0.568. The highest BCUT2D eigenvalue weighted by molar-refractivity contribution is 7.99. The zero-order valence-corrected chi connectivity index (χ0v) is 24.2. The highest BCUT2D eigenvalue weighted by atomic mass is 32.2. The lowest BCUT2D eigenvalue weighted by Crippen LogP contribution is -2.34. The maximum atomic E-state index is 2.73. The highest BCUT2D eigenvalue weighted by Gasteiger charge is 2.29. The van der Waals surface area contributed by atoms with Crippen LogP contribution in [-0.4, -0.2) is 6.04 Å². The molecular formula is C33H51NS. The van der Waals surface area contributed by atoms with Crippen molar-refractivity contribution in [1.82, 2.24) is 0 Å². The van der Waals surface area contributed by atoms with Crippen molar-refractivity contribution in [2.24, 2.45) is 23.7 Å². The molecule has 0 aliphatic carbocycles. The van der Waals surface area contributed by atoms with Crippen LogP contribution in [-0.2, 0) is 0 Å². The summed E-state index contributed by atoms with van der Waals surface area (Å²) in [6.07, 6.45) is 13.5. The van der Waals surface area contributed by atoms with Gasteiger partial charge in [-0.3, -0.25) is 0 Å². The molecule has 35 heavy (non-hydrogen) atoms. The molecule has 0 fully saturated rings. The van der Waals surface area contributed by atoms with Crippen LogP contribution >= 0.6 is 11.8 Å². The third kappa shape index (κ3) is 8.88. The normalized spacial score (nSPS) is 15.7. The van der Waals surface area contributed by atoms with Crippen LogP contribution in [0.3, 0.4) is 0 Å². The minimum absolute atomic E-state index is 0.568. The van der Waals surface area contributed by atoms with Crippen molar-refractivity contribution in [3.63, 3.8) is 0 Å². The molecule has 0 aromatic heterocycles. The molecule has 0 N–H and O–H groups in total. The van der Waals surface area contributed by atoms with E-state index in [-0.39, 0.29) is 0 Å². The first-order valence-electron chi connectivity index (χ1n) is 14.5. The molecule has 0 spiro atoms. The summed E-state index contributed by atoms with van der Waals surface area (Å²) in [5.74, 6) is 3.27. The number of para-hydroxylation sites is 2. The Morgan fingerprint density at radius 3 is 1.40 bits per heavy atom. The Labute approximate surface area is 221 Å². The fraction of sp³-hybridized carbons (Fsp3) is 0.636. The SMILES string of the molecule is CC(C)CCCC(C)CCC(CCC(C)CCCC(C)C)N1c2ccccc2Sc2ccccc21. The van der Waals surface area contributed by atoms with Crippen molar-refractivity contribution in [2.45, 2.75) is 122 Å². The first-order chi connectivity index (χ1) is 16.8. The molecule has 0 bridgehead atoms. The number of nitrogens with zero attached hydrogens (tertiary/aromatic N) is 1. The van der Waals surface area contributed by atoms with Crippen LogP contribution in [0.5, 0.6) is 0 Å². The summed E-state index contributed by atoms with van der Waals surface area (Å²) in [5, 5.41) is 0. The second kappa shape index (κ2) is 14.4. The third-order valence-electron chi connectivity index (χ3n) is 7.78. The number of fused-ring (bicyclic) bond motifs is 2. The maximum absolute atomic E-state index is 2.73. The van der Waals surface area contributed by atoms with Gasteiger partial charge in [0.25, 0.3) is 0 Å². The average Bonchev–Trinajstić information content (AvgIpc) is 2.82. The van der Waals surface area contributed by atoms with Crippen molar-refractivity contribution < 1.29 is 0 Å². The van der Waals surface area contributed by atoms with Gasteiger partial charge in [-0.05, 0) is 73.6 Å². The molecule has 3 rings (SSSR count). The Morgan fingerprint density at radius 1 is 0.543 bits per heavy atom. The zero-order chi connectivity index (χ0) is 25.2. The number of hydrogen-bond acceptors (Lipinski definition) is 2. The molecule has 1 aliphatic heterocycles. The van der Waals surface area contributed by atoms with Crippen LogP contribution in [0.4, 0.5) is 11.4 Å². The molecule has 0 saturated carbocycles. The van der Waals surface area contributed by atoms with Crippen LogP contribution in [0.25, 0.3) is 0 Å².